The highest BCUT2D eigenvalue weighted by Gasteiger charge is 2.11. The molecule has 0 atom stereocenters. The average Bonchev–Trinajstić information content (AvgIpc) is 2.56. The largest absolute Gasteiger partial charge is 0.481 e. The van der Waals surface area contributed by atoms with E-state index in [2.05, 4.69) is 39.1 Å². The Balaban J connectivity index is 1.78. The lowest BCUT2D eigenvalue weighted by molar-refractivity contribution is 0.0342. The summed E-state index contributed by atoms with van der Waals surface area (Å²) in [6.07, 6.45) is 1.53. The average molecular weight is 285 g/mol. The predicted octanol–water partition coefficient (Wildman–Crippen LogP) is 1.98. The van der Waals surface area contributed by atoms with Crippen LogP contribution in [0.5, 0.6) is 5.88 Å². The van der Waals surface area contributed by atoms with Gasteiger partial charge in [-0.1, -0.05) is 18.2 Å². The van der Waals surface area contributed by atoms with Crippen LogP contribution in [0.3, 0.4) is 0 Å². The van der Waals surface area contributed by atoms with Gasteiger partial charge in [0, 0.05) is 31.3 Å². The molecule has 1 aromatic heterocycles. The third-order valence-corrected chi connectivity index (χ3v) is 3.58. The van der Waals surface area contributed by atoms with Crippen LogP contribution in [0.1, 0.15) is 5.56 Å². The first-order valence-electron chi connectivity index (χ1n) is 7.10. The molecule has 1 aromatic carbocycles. The van der Waals surface area contributed by atoms with Gasteiger partial charge in [0.05, 0.1) is 26.0 Å². The second-order valence-corrected chi connectivity index (χ2v) is 5.03. The monoisotopic (exact) mass is 285 g/mol. The fourth-order valence-electron chi connectivity index (χ4n) is 2.46. The fourth-order valence-corrected chi connectivity index (χ4v) is 2.46. The Kier molecular flexibility index (Phi) is 4.43. The van der Waals surface area contributed by atoms with Crippen LogP contribution in [0.15, 0.2) is 36.7 Å². The number of morpholine rings is 1. The van der Waals surface area contributed by atoms with Crippen LogP contribution in [0, 0.1) is 0 Å². The van der Waals surface area contributed by atoms with Gasteiger partial charge in [-0.05, 0) is 11.6 Å². The molecule has 3 rings (SSSR count). The van der Waals surface area contributed by atoms with Gasteiger partial charge in [0.25, 0.3) is 0 Å². The number of hydrogen-bond donors (Lipinski definition) is 0. The molecule has 1 aliphatic rings. The fraction of sp³-hybridized carbons (Fsp3) is 0.375. The minimum Gasteiger partial charge on any atom is -0.481 e. The molecule has 0 N–H and O–H groups in total. The van der Waals surface area contributed by atoms with Gasteiger partial charge < -0.3 is 9.47 Å². The zero-order valence-corrected chi connectivity index (χ0v) is 12.2. The van der Waals surface area contributed by atoms with E-state index in [0.717, 1.165) is 44.1 Å². The van der Waals surface area contributed by atoms with Crippen LogP contribution in [-0.2, 0) is 11.3 Å². The minimum absolute atomic E-state index is 0.582. The molecule has 0 saturated carbocycles. The van der Waals surface area contributed by atoms with Crippen LogP contribution in [-0.4, -0.2) is 48.3 Å². The minimum atomic E-state index is 0.582. The van der Waals surface area contributed by atoms with Crippen molar-refractivity contribution < 1.29 is 9.47 Å². The molecule has 0 aliphatic carbocycles. The van der Waals surface area contributed by atoms with E-state index in [4.69, 9.17) is 9.47 Å². The van der Waals surface area contributed by atoms with Crippen molar-refractivity contribution in [2.45, 2.75) is 6.54 Å². The second-order valence-electron chi connectivity index (χ2n) is 5.03. The van der Waals surface area contributed by atoms with Crippen molar-refractivity contribution in [2.24, 2.45) is 0 Å². The molecule has 5 heteroatoms. The smallest absolute Gasteiger partial charge is 0.216 e. The van der Waals surface area contributed by atoms with Crippen molar-refractivity contribution in [3.63, 3.8) is 0 Å². The lowest BCUT2D eigenvalue weighted by Crippen LogP contribution is -2.35. The zero-order chi connectivity index (χ0) is 14.5. The van der Waals surface area contributed by atoms with Gasteiger partial charge in [0.2, 0.25) is 5.88 Å². The maximum absolute atomic E-state index is 5.38. The Hall–Kier alpha value is -1.98. The number of ether oxygens (including phenoxy) is 2. The summed E-state index contributed by atoms with van der Waals surface area (Å²) < 4.78 is 10.5. The van der Waals surface area contributed by atoms with Gasteiger partial charge in [0.15, 0.2) is 0 Å². The van der Waals surface area contributed by atoms with E-state index < -0.39 is 0 Å². The maximum atomic E-state index is 5.38. The van der Waals surface area contributed by atoms with E-state index in [9.17, 15) is 0 Å². The van der Waals surface area contributed by atoms with E-state index in [-0.39, 0.29) is 0 Å². The van der Waals surface area contributed by atoms with Crippen molar-refractivity contribution in [1.29, 1.82) is 0 Å². The van der Waals surface area contributed by atoms with Crippen LogP contribution in [0.25, 0.3) is 11.3 Å². The number of rotatable bonds is 4. The number of aromatic nitrogens is 2. The maximum Gasteiger partial charge on any atom is 0.216 e. The molecule has 2 heterocycles. The summed E-state index contributed by atoms with van der Waals surface area (Å²) in [5, 5.41) is 0. The molecular formula is C16H19N3O2. The molecule has 0 amide bonds. The molecule has 1 saturated heterocycles. The number of methoxy groups -OCH3 is 1. The predicted molar refractivity (Wildman–Crippen MR) is 80.1 cm³/mol. The van der Waals surface area contributed by atoms with Gasteiger partial charge in [0.1, 0.15) is 6.33 Å². The Morgan fingerprint density at radius 1 is 1.19 bits per heavy atom. The molecule has 0 bridgehead atoms. The third kappa shape index (κ3) is 3.56. The van der Waals surface area contributed by atoms with E-state index in [1.807, 2.05) is 6.07 Å². The zero-order valence-electron chi connectivity index (χ0n) is 12.2. The highest BCUT2D eigenvalue weighted by molar-refractivity contribution is 5.60. The first-order chi connectivity index (χ1) is 10.3. The summed E-state index contributed by atoms with van der Waals surface area (Å²) >= 11 is 0. The Labute approximate surface area is 124 Å². The molecule has 0 spiro atoms. The summed E-state index contributed by atoms with van der Waals surface area (Å²) in [4.78, 5) is 10.8. The van der Waals surface area contributed by atoms with Crippen molar-refractivity contribution in [3.8, 4) is 17.1 Å². The summed E-state index contributed by atoms with van der Waals surface area (Å²) in [6, 6.07) is 10.3. The molecular weight excluding hydrogens is 266 g/mol. The Bertz CT molecular complexity index is 598. The van der Waals surface area contributed by atoms with E-state index in [1.165, 1.54) is 11.9 Å². The molecule has 5 nitrogen and oxygen atoms in total. The quantitative estimate of drug-likeness (QED) is 0.859. The Morgan fingerprint density at radius 2 is 2.05 bits per heavy atom. The van der Waals surface area contributed by atoms with Gasteiger partial charge >= 0.3 is 0 Å². The van der Waals surface area contributed by atoms with Gasteiger partial charge in [-0.25, -0.2) is 9.97 Å². The molecule has 21 heavy (non-hydrogen) atoms. The van der Waals surface area contributed by atoms with Crippen LogP contribution in [0.2, 0.25) is 0 Å². The number of hydrogen-bond acceptors (Lipinski definition) is 5. The molecule has 0 radical (unpaired) electrons. The lowest BCUT2D eigenvalue weighted by Gasteiger charge is -2.26. The Morgan fingerprint density at radius 3 is 2.86 bits per heavy atom. The first kappa shape index (κ1) is 14.0. The molecule has 2 aromatic rings. The van der Waals surface area contributed by atoms with Gasteiger partial charge in [-0.3, -0.25) is 4.90 Å². The van der Waals surface area contributed by atoms with Crippen molar-refractivity contribution in [3.05, 3.63) is 42.2 Å². The molecule has 110 valence electrons. The standard InChI is InChI=1S/C16H19N3O2/c1-20-16-10-15(17-12-18-16)14-4-2-3-13(9-14)11-19-5-7-21-8-6-19/h2-4,9-10,12H,5-8,11H2,1H3. The van der Waals surface area contributed by atoms with Crippen molar-refractivity contribution >= 4 is 0 Å². The molecule has 0 unspecified atom stereocenters. The van der Waals surface area contributed by atoms with Crippen molar-refractivity contribution in [1.82, 2.24) is 14.9 Å². The van der Waals surface area contributed by atoms with Crippen LogP contribution in [0.4, 0.5) is 0 Å². The second kappa shape index (κ2) is 6.65. The summed E-state index contributed by atoms with van der Waals surface area (Å²) in [5.41, 5.74) is 3.25. The normalized spacial score (nSPS) is 15.9. The third-order valence-electron chi connectivity index (χ3n) is 3.58. The van der Waals surface area contributed by atoms with E-state index in [1.54, 1.807) is 7.11 Å². The van der Waals surface area contributed by atoms with Gasteiger partial charge in [-0.2, -0.15) is 0 Å². The van der Waals surface area contributed by atoms with Crippen LogP contribution >= 0.6 is 0 Å². The SMILES string of the molecule is COc1cc(-c2cccc(CN3CCOCC3)c2)ncn1. The number of nitrogens with zero attached hydrogens (tertiary/aromatic N) is 3. The lowest BCUT2D eigenvalue weighted by atomic mass is 10.1. The summed E-state index contributed by atoms with van der Waals surface area (Å²) in [7, 11) is 1.61. The first-order valence-corrected chi connectivity index (χ1v) is 7.10. The van der Waals surface area contributed by atoms with Gasteiger partial charge in [-0.15, -0.1) is 0 Å². The van der Waals surface area contributed by atoms with Crippen LogP contribution < -0.4 is 4.74 Å². The molecule has 1 aliphatic heterocycles. The topological polar surface area (TPSA) is 47.5 Å². The summed E-state index contributed by atoms with van der Waals surface area (Å²) in [5.74, 6) is 0.582. The van der Waals surface area contributed by atoms with E-state index in [0.29, 0.717) is 5.88 Å². The molecule has 1 fully saturated rings. The highest BCUT2D eigenvalue weighted by Crippen LogP contribution is 2.21. The van der Waals surface area contributed by atoms with Crippen molar-refractivity contribution in [2.75, 3.05) is 33.4 Å². The summed E-state index contributed by atoms with van der Waals surface area (Å²) in [6.45, 7) is 4.57. The number of benzene rings is 1. The highest BCUT2D eigenvalue weighted by atomic mass is 16.5. The van der Waals surface area contributed by atoms with E-state index >= 15 is 0 Å².